The second-order valence-electron chi connectivity index (χ2n) is 4.54. The molecule has 0 saturated carbocycles. The Bertz CT molecular complexity index is 734. The summed E-state index contributed by atoms with van der Waals surface area (Å²) in [4.78, 5) is 15.9. The van der Waals surface area contributed by atoms with Crippen LogP contribution < -0.4 is 10.6 Å². The van der Waals surface area contributed by atoms with Crippen molar-refractivity contribution < 1.29 is 0 Å². The molecule has 5 nitrogen and oxygen atoms in total. The van der Waals surface area contributed by atoms with E-state index in [-0.39, 0.29) is 0 Å². The van der Waals surface area contributed by atoms with E-state index in [0.29, 0.717) is 0 Å². The molecule has 7 heteroatoms. The Labute approximate surface area is 131 Å². The molecule has 0 fully saturated rings. The maximum atomic E-state index is 4.66. The maximum absolute atomic E-state index is 4.66. The van der Waals surface area contributed by atoms with Crippen molar-refractivity contribution in [2.45, 2.75) is 19.8 Å². The van der Waals surface area contributed by atoms with E-state index in [0.717, 1.165) is 46.4 Å². The van der Waals surface area contributed by atoms with Gasteiger partial charge in [-0.1, -0.05) is 0 Å². The second-order valence-corrected chi connectivity index (χ2v) is 6.55. The number of hydrogen-bond donors (Lipinski definition) is 2. The quantitative estimate of drug-likeness (QED) is 0.729. The molecule has 3 aromatic heterocycles. The number of aryl methyl sites for hydroxylation is 2. The number of anilines is 2. The van der Waals surface area contributed by atoms with Crippen LogP contribution in [0.15, 0.2) is 17.6 Å². The predicted octanol–water partition coefficient (Wildman–Crippen LogP) is 3.41. The summed E-state index contributed by atoms with van der Waals surface area (Å²) in [5.74, 6) is 1.83. The molecule has 0 atom stereocenters. The van der Waals surface area contributed by atoms with Gasteiger partial charge in [-0.05, 0) is 24.8 Å². The summed E-state index contributed by atoms with van der Waals surface area (Å²) in [6.07, 6.45) is 3.67. The number of fused-ring (bicyclic) bond motifs is 1. The molecule has 0 unspecified atom stereocenters. The van der Waals surface area contributed by atoms with Crippen LogP contribution in [0.5, 0.6) is 0 Å². The van der Waals surface area contributed by atoms with E-state index < -0.39 is 0 Å². The van der Waals surface area contributed by atoms with Crippen LogP contribution in [0.3, 0.4) is 0 Å². The van der Waals surface area contributed by atoms with Crippen LogP contribution in [0.1, 0.15) is 17.6 Å². The lowest BCUT2D eigenvalue weighted by Gasteiger charge is -2.06. The lowest BCUT2D eigenvalue weighted by molar-refractivity contribution is 0.880. The van der Waals surface area contributed by atoms with Gasteiger partial charge in [-0.25, -0.2) is 15.0 Å². The summed E-state index contributed by atoms with van der Waals surface area (Å²) >= 11 is 3.34. The van der Waals surface area contributed by atoms with E-state index in [9.17, 15) is 0 Å². The summed E-state index contributed by atoms with van der Waals surface area (Å²) in [7, 11) is 1.89. The minimum Gasteiger partial charge on any atom is -0.370 e. The third kappa shape index (κ3) is 3.14. The number of nitrogens with zero attached hydrogens (tertiary/aromatic N) is 3. The van der Waals surface area contributed by atoms with Crippen molar-refractivity contribution in [2.24, 2.45) is 0 Å². The van der Waals surface area contributed by atoms with Crippen molar-refractivity contribution in [2.75, 3.05) is 24.2 Å². The second kappa shape index (κ2) is 6.36. The van der Waals surface area contributed by atoms with Gasteiger partial charge in [0, 0.05) is 31.1 Å². The van der Waals surface area contributed by atoms with Gasteiger partial charge in [-0.15, -0.1) is 22.7 Å². The number of nitrogens with one attached hydrogen (secondary N) is 2. The smallest absolute Gasteiger partial charge is 0.182 e. The standard InChI is InChI=1S/C14H17N5S2/c1-3-16-12-10-6-7-20-13(10)19-11(18-12)5-4-9-8-17-14(15-2)21-9/h6-8H,3-5H2,1-2H3,(H,15,17)(H,16,18,19). The van der Waals surface area contributed by atoms with Crippen molar-refractivity contribution in [1.29, 1.82) is 0 Å². The molecule has 21 heavy (non-hydrogen) atoms. The van der Waals surface area contributed by atoms with Crippen LogP contribution in [0.2, 0.25) is 0 Å². The lowest BCUT2D eigenvalue weighted by Crippen LogP contribution is -2.04. The van der Waals surface area contributed by atoms with Crippen LogP contribution >= 0.6 is 22.7 Å². The first-order valence-corrected chi connectivity index (χ1v) is 8.60. The molecular formula is C14H17N5S2. The molecule has 3 rings (SSSR count). The van der Waals surface area contributed by atoms with Gasteiger partial charge in [0.2, 0.25) is 0 Å². The third-order valence-corrected chi connectivity index (χ3v) is 4.96. The molecule has 0 aliphatic heterocycles. The van der Waals surface area contributed by atoms with E-state index in [1.54, 1.807) is 22.7 Å². The fraction of sp³-hybridized carbons (Fsp3) is 0.357. The van der Waals surface area contributed by atoms with Gasteiger partial charge in [-0.3, -0.25) is 0 Å². The Kier molecular flexibility index (Phi) is 4.31. The van der Waals surface area contributed by atoms with Crippen molar-refractivity contribution in [3.8, 4) is 0 Å². The topological polar surface area (TPSA) is 62.7 Å². The predicted molar refractivity (Wildman–Crippen MR) is 90.6 cm³/mol. The average molecular weight is 319 g/mol. The van der Waals surface area contributed by atoms with Gasteiger partial charge < -0.3 is 10.6 Å². The van der Waals surface area contributed by atoms with Crippen LogP contribution in [-0.2, 0) is 12.8 Å². The number of thiazole rings is 1. The highest BCUT2D eigenvalue weighted by Crippen LogP contribution is 2.26. The Morgan fingerprint density at radius 3 is 2.90 bits per heavy atom. The fourth-order valence-corrected chi connectivity index (χ4v) is 3.64. The van der Waals surface area contributed by atoms with Gasteiger partial charge in [0.05, 0.1) is 5.39 Å². The fourth-order valence-electron chi connectivity index (χ4n) is 2.09. The van der Waals surface area contributed by atoms with Crippen LogP contribution in [-0.4, -0.2) is 28.5 Å². The zero-order chi connectivity index (χ0) is 14.7. The molecule has 3 heterocycles. The highest BCUT2D eigenvalue weighted by molar-refractivity contribution is 7.16. The summed E-state index contributed by atoms with van der Waals surface area (Å²) in [5, 5.41) is 10.5. The lowest BCUT2D eigenvalue weighted by atomic mass is 10.2. The monoisotopic (exact) mass is 319 g/mol. The molecule has 0 aliphatic carbocycles. The zero-order valence-corrected chi connectivity index (χ0v) is 13.6. The first-order valence-electron chi connectivity index (χ1n) is 6.90. The molecule has 3 aromatic rings. The van der Waals surface area contributed by atoms with E-state index in [1.165, 1.54) is 4.88 Å². The summed E-state index contributed by atoms with van der Waals surface area (Å²) in [6.45, 7) is 2.94. The molecule has 0 saturated heterocycles. The first-order chi connectivity index (χ1) is 10.3. The van der Waals surface area contributed by atoms with Crippen LogP contribution in [0, 0.1) is 0 Å². The van der Waals surface area contributed by atoms with Gasteiger partial charge in [0.1, 0.15) is 16.5 Å². The van der Waals surface area contributed by atoms with Crippen molar-refractivity contribution in [3.05, 3.63) is 28.3 Å². The van der Waals surface area contributed by atoms with Gasteiger partial charge in [0.15, 0.2) is 5.13 Å². The van der Waals surface area contributed by atoms with Gasteiger partial charge >= 0.3 is 0 Å². The normalized spacial score (nSPS) is 11.0. The SMILES string of the molecule is CCNc1nc(CCc2cnc(NC)s2)nc2sccc12. The minimum atomic E-state index is 0.831. The Balaban J connectivity index is 1.79. The third-order valence-electron chi connectivity index (χ3n) is 3.08. The van der Waals surface area contributed by atoms with Crippen molar-refractivity contribution in [1.82, 2.24) is 15.0 Å². The molecule has 0 amide bonds. The molecule has 0 aromatic carbocycles. The van der Waals surface area contributed by atoms with E-state index in [2.05, 4.69) is 44.0 Å². The molecule has 110 valence electrons. The van der Waals surface area contributed by atoms with E-state index >= 15 is 0 Å². The highest BCUT2D eigenvalue weighted by Gasteiger charge is 2.09. The van der Waals surface area contributed by atoms with E-state index in [4.69, 9.17) is 0 Å². The number of hydrogen-bond acceptors (Lipinski definition) is 7. The summed E-state index contributed by atoms with van der Waals surface area (Å²) < 4.78 is 0. The van der Waals surface area contributed by atoms with Crippen LogP contribution in [0.4, 0.5) is 10.9 Å². The van der Waals surface area contributed by atoms with Crippen molar-refractivity contribution in [3.63, 3.8) is 0 Å². The Hall–Kier alpha value is -1.73. The maximum Gasteiger partial charge on any atom is 0.182 e. The zero-order valence-electron chi connectivity index (χ0n) is 12.0. The average Bonchev–Trinajstić information content (AvgIpc) is 3.14. The number of aromatic nitrogens is 3. The number of rotatable bonds is 6. The molecule has 0 spiro atoms. The first kappa shape index (κ1) is 14.2. The van der Waals surface area contributed by atoms with E-state index in [1.807, 2.05) is 13.2 Å². The van der Waals surface area contributed by atoms with Gasteiger partial charge in [0.25, 0.3) is 0 Å². The summed E-state index contributed by atoms with van der Waals surface area (Å²) in [5.41, 5.74) is 0. The molecular weight excluding hydrogens is 302 g/mol. The number of thiophene rings is 1. The molecule has 0 bridgehead atoms. The Morgan fingerprint density at radius 1 is 1.24 bits per heavy atom. The van der Waals surface area contributed by atoms with Crippen LogP contribution in [0.25, 0.3) is 10.2 Å². The molecule has 0 aliphatic rings. The molecule has 0 radical (unpaired) electrons. The Morgan fingerprint density at radius 2 is 2.14 bits per heavy atom. The van der Waals surface area contributed by atoms with Gasteiger partial charge in [-0.2, -0.15) is 0 Å². The molecule has 2 N–H and O–H groups in total. The summed E-state index contributed by atoms with van der Waals surface area (Å²) in [6, 6.07) is 2.07. The highest BCUT2D eigenvalue weighted by atomic mass is 32.1. The minimum absolute atomic E-state index is 0.831. The van der Waals surface area contributed by atoms with Crippen molar-refractivity contribution >= 4 is 43.8 Å². The largest absolute Gasteiger partial charge is 0.370 e.